The second-order valence-corrected chi connectivity index (χ2v) is 9.71. The van der Waals surface area contributed by atoms with Crippen LogP contribution >= 0.6 is 11.3 Å². The number of benzene rings is 2. The molecule has 12 heteroatoms. The molecule has 0 spiro atoms. The number of urea groups is 1. The SMILES string of the molecule is CNC(=O)c1ccc([C@H]2NC(=O)N([C@H](C(=O)Nc3nc(C(C)=O)cs3)[C@@H](C)c3ccccc3)C2=O)c(OC)c1. The van der Waals surface area contributed by atoms with Crippen molar-refractivity contribution >= 4 is 46.0 Å². The van der Waals surface area contributed by atoms with E-state index in [2.05, 4.69) is 20.9 Å². The van der Waals surface area contributed by atoms with Crippen molar-refractivity contribution in [1.29, 1.82) is 0 Å². The van der Waals surface area contributed by atoms with Crippen LogP contribution in [0.3, 0.4) is 0 Å². The normalized spacial score (nSPS) is 16.3. The summed E-state index contributed by atoms with van der Waals surface area (Å²) in [5.41, 5.74) is 1.58. The van der Waals surface area contributed by atoms with Gasteiger partial charge in [0, 0.05) is 36.4 Å². The van der Waals surface area contributed by atoms with Gasteiger partial charge in [0.25, 0.3) is 11.8 Å². The summed E-state index contributed by atoms with van der Waals surface area (Å²) in [6.07, 6.45) is 0. The lowest BCUT2D eigenvalue weighted by molar-refractivity contribution is -0.134. The number of carbonyl (C=O) groups excluding carboxylic acids is 5. The summed E-state index contributed by atoms with van der Waals surface area (Å²) >= 11 is 1.07. The van der Waals surface area contributed by atoms with Crippen molar-refractivity contribution in [3.63, 3.8) is 0 Å². The Morgan fingerprint density at radius 1 is 1.13 bits per heavy atom. The molecule has 2 heterocycles. The number of ether oxygens (including phenoxy) is 1. The molecule has 1 aliphatic rings. The standard InChI is InChI=1S/C27H27N5O6S/c1-14(16-8-6-5-7-9-16)22(24(35)31-26-29-19(13-39-26)15(2)33)32-25(36)21(30-27(32)37)18-11-10-17(23(34)28-3)12-20(18)38-4/h5-14,21-22H,1-4H3,(H,28,34)(H,30,37)(H,29,31,35)/t14-,21+,22-/m0/s1. The Balaban J connectivity index is 1.70. The summed E-state index contributed by atoms with van der Waals surface area (Å²) in [5, 5.41) is 9.53. The van der Waals surface area contributed by atoms with Crippen LogP contribution in [0.5, 0.6) is 5.75 Å². The Hall–Kier alpha value is -4.58. The average Bonchev–Trinajstić information content (AvgIpc) is 3.53. The van der Waals surface area contributed by atoms with E-state index >= 15 is 0 Å². The van der Waals surface area contributed by atoms with Crippen LogP contribution in [0.1, 0.15) is 57.8 Å². The van der Waals surface area contributed by atoms with Gasteiger partial charge in [-0.25, -0.2) is 14.7 Å². The van der Waals surface area contributed by atoms with Crippen molar-refractivity contribution in [3.8, 4) is 5.75 Å². The lowest BCUT2D eigenvalue weighted by atomic mass is 9.91. The van der Waals surface area contributed by atoms with E-state index in [0.29, 0.717) is 11.1 Å². The number of nitrogens with zero attached hydrogens (tertiary/aromatic N) is 2. The Labute approximate surface area is 228 Å². The minimum atomic E-state index is -1.24. The van der Waals surface area contributed by atoms with Crippen molar-refractivity contribution in [2.45, 2.75) is 31.8 Å². The molecule has 0 radical (unpaired) electrons. The van der Waals surface area contributed by atoms with Crippen LogP contribution in [0.15, 0.2) is 53.9 Å². The molecule has 4 rings (SSSR count). The lowest BCUT2D eigenvalue weighted by Gasteiger charge is -2.29. The van der Waals surface area contributed by atoms with Gasteiger partial charge >= 0.3 is 6.03 Å². The molecule has 0 saturated carbocycles. The molecule has 202 valence electrons. The molecule has 2 aromatic carbocycles. The Morgan fingerprint density at radius 2 is 1.85 bits per heavy atom. The highest BCUT2D eigenvalue weighted by Gasteiger charge is 2.48. The van der Waals surface area contributed by atoms with E-state index in [0.717, 1.165) is 21.8 Å². The van der Waals surface area contributed by atoms with Gasteiger partial charge in [-0.05, 0) is 17.7 Å². The number of imide groups is 1. The zero-order chi connectivity index (χ0) is 28.3. The Bertz CT molecular complexity index is 1440. The first kappa shape index (κ1) is 27.5. The third-order valence-corrected chi connectivity index (χ3v) is 7.20. The number of thiazole rings is 1. The monoisotopic (exact) mass is 549 g/mol. The van der Waals surface area contributed by atoms with Gasteiger partial charge in [-0.1, -0.05) is 43.3 Å². The van der Waals surface area contributed by atoms with Crippen LogP contribution < -0.4 is 20.7 Å². The van der Waals surface area contributed by atoms with Crippen molar-refractivity contribution in [1.82, 2.24) is 20.5 Å². The van der Waals surface area contributed by atoms with Crippen LogP contribution in [-0.2, 0) is 9.59 Å². The topological polar surface area (TPSA) is 147 Å². The van der Waals surface area contributed by atoms with Crippen molar-refractivity contribution in [3.05, 3.63) is 76.3 Å². The first-order chi connectivity index (χ1) is 18.7. The minimum absolute atomic E-state index is 0.172. The zero-order valence-electron chi connectivity index (χ0n) is 21.7. The van der Waals surface area contributed by atoms with Crippen molar-refractivity contribution in [2.75, 3.05) is 19.5 Å². The van der Waals surface area contributed by atoms with E-state index in [9.17, 15) is 24.0 Å². The van der Waals surface area contributed by atoms with Gasteiger partial charge in [0.2, 0.25) is 5.91 Å². The van der Waals surface area contributed by atoms with Crippen LogP contribution in [0.4, 0.5) is 9.93 Å². The van der Waals surface area contributed by atoms with E-state index in [4.69, 9.17) is 4.74 Å². The summed E-state index contributed by atoms with van der Waals surface area (Å²) in [7, 11) is 2.88. The maximum atomic E-state index is 13.8. The van der Waals surface area contributed by atoms with E-state index in [-0.39, 0.29) is 28.3 Å². The third-order valence-electron chi connectivity index (χ3n) is 6.45. The van der Waals surface area contributed by atoms with Crippen LogP contribution in [-0.4, -0.2) is 59.6 Å². The molecule has 1 aliphatic heterocycles. The summed E-state index contributed by atoms with van der Waals surface area (Å²) in [4.78, 5) is 69.4. The van der Waals surface area contributed by atoms with Crippen molar-refractivity contribution in [2.24, 2.45) is 0 Å². The third kappa shape index (κ3) is 5.50. The molecule has 3 atom stereocenters. The average molecular weight is 550 g/mol. The molecule has 0 bridgehead atoms. The first-order valence-corrected chi connectivity index (χ1v) is 12.9. The number of hydrogen-bond donors (Lipinski definition) is 3. The predicted octanol–water partition coefficient (Wildman–Crippen LogP) is 3.12. The molecule has 1 fully saturated rings. The zero-order valence-corrected chi connectivity index (χ0v) is 22.5. The highest BCUT2D eigenvalue weighted by Crippen LogP contribution is 2.35. The Morgan fingerprint density at radius 3 is 2.46 bits per heavy atom. The number of methoxy groups -OCH3 is 1. The second-order valence-electron chi connectivity index (χ2n) is 8.85. The molecule has 3 N–H and O–H groups in total. The Kier molecular flexibility index (Phi) is 8.05. The quantitative estimate of drug-likeness (QED) is 0.274. The predicted molar refractivity (Wildman–Crippen MR) is 144 cm³/mol. The van der Waals surface area contributed by atoms with Gasteiger partial charge in [0.1, 0.15) is 23.5 Å². The van der Waals surface area contributed by atoms with Crippen LogP contribution in [0, 0.1) is 0 Å². The lowest BCUT2D eigenvalue weighted by Crippen LogP contribution is -2.50. The second kappa shape index (κ2) is 11.4. The van der Waals surface area contributed by atoms with Gasteiger partial charge in [0.15, 0.2) is 10.9 Å². The fraction of sp³-hybridized carbons (Fsp3) is 0.259. The fourth-order valence-electron chi connectivity index (χ4n) is 4.38. The van der Waals surface area contributed by atoms with Crippen molar-refractivity contribution < 1.29 is 28.7 Å². The number of hydrogen-bond acceptors (Lipinski definition) is 8. The van der Waals surface area contributed by atoms with E-state index < -0.39 is 35.8 Å². The molecule has 0 unspecified atom stereocenters. The molecule has 3 aromatic rings. The maximum absolute atomic E-state index is 13.8. The number of nitrogens with one attached hydrogen (secondary N) is 3. The van der Waals surface area contributed by atoms with Gasteiger partial charge < -0.3 is 20.7 Å². The molecular weight excluding hydrogens is 522 g/mol. The van der Waals surface area contributed by atoms with Gasteiger partial charge in [-0.15, -0.1) is 11.3 Å². The molecular formula is C27H27N5O6S. The summed E-state index contributed by atoms with van der Waals surface area (Å²) in [5.74, 6) is -2.25. The van der Waals surface area contributed by atoms with Crippen LogP contribution in [0.2, 0.25) is 0 Å². The molecule has 39 heavy (non-hydrogen) atoms. The molecule has 5 amide bonds. The fourth-order valence-corrected chi connectivity index (χ4v) is 5.13. The summed E-state index contributed by atoms with van der Waals surface area (Å²) in [6, 6.07) is 10.4. The van der Waals surface area contributed by atoms with E-state index in [1.807, 2.05) is 6.07 Å². The van der Waals surface area contributed by atoms with Gasteiger partial charge in [-0.2, -0.15) is 0 Å². The number of Topliss-reactive ketones (excluding diaryl/α,β-unsaturated/α-hetero) is 1. The van der Waals surface area contributed by atoms with E-state index in [1.165, 1.54) is 44.7 Å². The number of amides is 5. The van der Waals surface area contributed by atoms with Gasteiger partial charge in [-0.3, -0.25) is 19.2 Å². The first-order valence-electron chi connectivity index (χ1n) is 12.0. The largest absolute Gasteiger partial charge is 0.496 e. The van der Waals surface area contributed by atoms with E-state index in [1.54, 1.807) is 31.2 Å². The summed E-state index contributed by atoms with van der Waals surface area (Å²) < 4.78 is 5.42. The smallest absolute Gasteiger partial charge is 0.325 e. The number of ketones is 1. The molecule has 11 nitrogen and oxygen atoms in total. The highest BCUT2D eigenvalue weighted by molar-refractivity contribution is 7.14. The number of carbonyl (C=O) groups is 5. The summed E-state index contributed by atoms with van der Waals surface area (Å²) in [6.45, 7) is 3.11. The number of aromatic nitrogens is 1. The highest BCUT2D eigenvalue weighted by atomic mass is 32.1. The molecule has 0 aliphatic carbocycles. The molecule has 1 saturated heterocycles. The number of anilines is 1. The van der Waals surface area contributed by atoms with Gasteiger partial charge in [0.05, 0.1) is 7.11 Å². The number of rotatable bonds is 9. The minimum Gasteiger partial charge on any atom is -0.496 e. The maximum Gasteiger partial charge on any atom is 0.325 e. The van der Waals surface area contributed by atoms with Crippen LogP contribution in [0.25, 0.3) is 0 Å². The molecule has 1 aromatic heterocycles.